The normalized spacial score (nSPS) is 11.7. The zero-order valence-electron chi connectivity index (χ0n) is 16.3. The van der Waals surface area contributed by atoms with Crippen LogP contribution in [0, 0.1) is 11.6 Å². The van der Waals surface area contributed by atoms with Crippen LogP contribution >= 0.6 is 22.9 Å². The number of nitrogens with zero attached hydrogens (tertiary/aromatic N) is 2. The lowest BCUT2D eigenvalue weighted by Crippen LogP contribution is -2.31. The summed E-state index contributed by atoms with van der Waals surface area (Å²) in [7, 11) is -3.74. The molecule has 0 aliphatic rings. The van der Waals surface area contributed by atoms with Crippen molar-refractivity contribution in [3.8, 4) is 0 Å². The Morgan fingerprint density at radius 2 is 1.91 bits per heavy atom. The molecule has 2 aromatic carbocycles. The molecule has 0 aliphatic heterocycles. The quantitative estimate of drug-likeness (QED) is 0.350. The van der Waals surface area contributed by atoms with Crippen molar-refractivity contribution >= 4 is 54.0 Å². The molecule has 2 heterocycles. The summed E-state index contributed by atoms with van der Waals surface area (Å²) in [5, 5.41) is 0.499. The molecule has 0 spiro atoms. The van der Waals surface area contributed by atoms with Crippen molar-refractivity contribution in [1.29, 1.82) is 0 Å². The van der Waals surface area contributed by atoms with Crippen molar-refractivity contribution in [2.45, 2.75) is 17.9 Å². The molecular weight excluding hydrogens is 482 g/mol. The Morgan fingerprint density at radius 3 is 2.59 bits per heavy atom. The zero-order valence-corrected chi connectivity index (χ0v) is 18.7. The van der Waals surface area contributed by atoms with Gasteiger partial charge in [0.2, 0.25) is 5.91 Å². The van der Waals surface area contributed by atoms with Crippen molar-refractivity contribution in [2.75, 3.05) is 10.7 Å². The third-order valence-electron chi connectivity index (χ3n) is 4.59. The number of benzene rings is 2. The van der Waals surface area contributed by atoms with E-state index in [1.807, 2.05) is 0 Å². The van der Waals surface area contributed by atoms with E-state index in [1.165, 1.54) is 35.4 Å². The predicted molar refractivity (Wildman–Crippen MR) is 118 cm³/mol. The number of furan rings is 1. The second-order valence-corrected chi connectivity index (χ2v) is 10.4. The molecular formula is C21H15ClF2N2O4S2. The van der Waals surface area contributed by atoms with Gasteiger partial charge in [0, 0.05) is 17.5 Å². The monoisotopic (exact) mass is 496 g/mol. The first kappa shape index (κ1) is 22.4. The van der Waals surface area contributed by atoms with Crippen molar-refractivity contribution < 1.29 is 26.4 Å². The van der Waals surface area contributed by atoms with Crippen LogP contribution in [0.2, 0.25) is 5.02 Å². The molecule has 0 saturated heterocycles. The first-order valence-corrected chi connectivity index (χ1v) is 12.1. The minimum atomic E-state index is -3.74. The van der Waals surface area contributed by atoms with E-state index in [1.54, 1.807) is 12.1 Å². The van der Waals surface area contributed by atoms with E-state index in [4.69, 9.17) is 16.0 Å². The van der Waals surface area contributed by atoms with Gasteiger partial charge in [-0.05, 0) is 42.5 Å². The van der Waals surface area contributed by atoms with Gasteiger partial charge in [-0.1, -0.05) is 22.9 Å². The first-order chi connectivity index (χ1) is 15.2. The fourth-order valence-corrected chi connectivity index (χ4v) is 5.38. The summed E-state index contributed by atoms with van der Waals surface area (Å²) in [6.07, 6.45) is 1.08. The van der Waals surface area contributed by atoms with Crippen LogP contribution in [0.25, 0.3) is 10.2 Å². The molecule has 4 rings (SSSR count). The Bertz CT molecular complexity index is 1370. The number of thiazole rings is 1. The lowest BCUT2D eigenvalue weighted by Gasteiger charge is -2.18. The molecule has 0 N–H and O–H groups in total. The summed E-state index contributed by atoms with van der Waals surface area (Å²) in [5.41, 5.74) is -0.0718. The number of anilines is 1. The highest BCUT2D eigenvalue weighted by molar-refractivity contribution is 7.91. The number of carbonyl (C=O) groups is 1. The van der Waals surface area contributed by atoms with Gasteiger partial charge in [0.1, 0.15) is 17.1 Å². The molecule has 166 valence electrons. The highest BCUT2D eigenvalue weighted by atomic mass is 35.5. The van der Waals surface area contributed by atoms with Crippen LogP contribution in [0.1, 0.15) is 12.2 Å². The minimum Gasteiger partial charge on any atom is -0.467 e. The molecule has 2 aromatic heterocycles. The molecule has 0 saturated carbocycles. The van der Waals surface area contributed by atoms with Gasteiger partial charge in [0.05, 0.1) is 28.2 Å². The van der Waals surface area contributed by atoms with Crippen molar-refractivity contribution in [2.24, 2.45) is 0 Å². The number of amides is 1. The fraction of sp³-hybridized carbons (Fsp3) is 0.143. The van der Waals surface area contributed by atoms with Gasteiger partial charge < -0.3 is 4.42 Å². The average Bonchev–Trinajstić information content (AvgIpc) is 3.40. The largest absolute Gasteiger partial charge is 0.467 e. The van der Waals surface area contributed by atoms with E-state index in [9.17, 15) is 22.0 Å². The number of aromatic nitrogens is 1. The third kappa shape index (κ3) is 4.82. The van der Waals surface area contributed by atoms with Crippen LogP contribution < -0.4 is 4.90 Å². The summed E-state index contributed by atoms with van der Waals surface area (Å²) < 4.78 is 58.4. The average molecular weight is 497 g/mol. The molecule has 0 atom stereocenters. The summed E-state index contributed by atoms with van der Waals surface area (Å²) in [4.78, 5) is 18.4. The Labute approximate surface area is 191 Å². The summed E-state index contributed by atoms with van der Waals surface area (Å²) in [6.45, 7) is -0.0449. The lowest BCUT2D eigenvalue weighted by molar-refractivity contribution is -0.118. The van der Waals surface area contributed by atoms with Gasteiger partial charge in [-0.2, -0.15) is 0 Å². The highest BCUT2D eigenvalue weighted by Crippen LogP contribution is 2.32. The molecule has 0 radical (unpaired) electrons. The Hall–Kier alpha value is -2.82. The van der Waals surface area contributed by atoms with Gasteiger partial charge in [0.15, 0.2) is 20.8 Å². The maximum Gasteiger partial charge on any atom is 0.230 e. The van der Waals surface area contributed by atoms with Crippen molar-refractivity contribution in [3.63, 3.8) is 0 Å². The second kappa shape index (κ2) is 8.97. The van der Waals surface area contributed by atoms with Crippen LogP contribution in [-0.2, 0) is 21.2 Å². The number of hydrogen-bond donors (Lipinski definition) is 0. The van der Waals surface area contributed by atoms with E-state index in [0.717, 1.165) is 17.4 Å². The minimum absolute atomic E-state index is 0.0449. The molecule has 0 unspecified atom stereocenters. The van der Waals surface area contributed by atoms with Gasteiger partial charge >= 0.3 is 0 Å². The van der Waals surface area contributed by atoms with Crippen LogP contribution in [-0.4, -0.2) is 25.1 Å². The van der Waals surface area contributed by atoms with Crippen LogP contribution in [0.4, 0.5) is 13.9 Å². The molecule has 0 aliphatic carbocycles. The molecule has 11 heteroatoms. The van der Waals surface area contributed by atoms with Gasteiger partial charge in [-0.3, -0.25) is 9.69 Å². The highest BCUT2D eigenvalue weighted by Gasteiger charge is 2.25. The van der Waals surface area contributed by atoms with E-state index in [-0.39, 0.29) is 33.2 Å². The van der Waals surface area contributed by atoms with Gasteiger partial charge in [0.25, 0.3) is 0 Å². The number of rotatable bonds is 7. The predicted octanol–water partition coefficient (Wildman–Crippen LogP) is 5.22. The van der Waals surface area contributed by atoms with Crippen LogP contribution in [0.15, 0.2) is 64.1 Å². The fourth-order valence-electron chi connectivity index (χ4n) is 3.00. The Kier molecular flexibility index (Phi) is 6.27. The number of halogens is 3. The maximum absolute atomic E-state index is 14.1. The number of sulfone groups is 1. The molecule has 0 fully saturated rings. The summed E-state index contributed by atoms with van der Waals surface area (Å²) in [5.74, 6) is -2.19. The Balaban J connectivity index is 1.61. The second-order valence-electron chi connectivity index (χ2n) is 6.81. The summed E-state index contributed by atoms with van der Waals surface area (Å²) >= 11 is 6.72. The molecule has 0 bridgehead atoms. The molecule has 32 heavy (non-hydrogen) atoms. The number of hydrogen-bond acceptors (Lipinski definition) is 6. The van der Waals surface area contributed by atoms with E-state index in [0.29, 0.717) is 16.8 Å². The topological polar surface area (TPSA) is 80.5 Å². The van der Waals surface area contributed by atoms with Crippen LogP contribution in [0.5, 0.6) is 0 Å². The molecule has 6 nitrogen and oxygen atoms in total. The molecule has 4 aromatic rings. The number of fused-ring (bicyclic) bond motifs is 1. The number of carbonyl (C=O) groups excluding carboxylic acids is 1. The van der Waals surface area contributed by atoms with E-state index in [2.05, 4.69) is 4.98 Å². The van der Waals surface area contributed by atoms with Crippen LogP contribution in [0.3, 0.4) is 0 Å². The van der Waals surface area contributed by atoms with Gasteiger partial charge in [-0.15, -0.1) is 0 Å². The van der Waals surface area contributed by atoms with Crippen molar-refractivity contribution in [1.82, 2.24) is 4.98 Å². The third-order valence-corrected chi connectivity index (χ3v) is 7.59. The summed E-state index contributed by atoms with van der Waals surface area (Å²) in [6, 6.07) is 10.8. The van der Waals surface area contributed by atoms with Gasteiger partial charge in [-0.25, -0.2) is 22.2 Å². The van der Waals surface area contributed by atoms with E-state index < -0.39 is 33.1 Å². The standard InChI is InChI=1S/C21H15ClF2N2O4S2/c22-13-3-5-16(6-4-13)32(28,29)9-7-19(27)26(12-15-2-1-8-30-15)21-25-20-17(24)10-14(23)11-18(20)31-21/h1-6,8,10-11H,7,9,12H2. The zero-order chi connectivity index (χ0) is 22.9. The maximum atomic E-state index is 14.1. The lowest BCUT2D eigenvalue weighted by atomic mass is 10.3. The van der Waals surface area contributed by atoms with E-state index >= 15 is 0 Å². The smallest absolute Gasteiger partial charge is 0.230 e. The van der Waals surface area contributed by atoms with Crippen molar-refractivity contribution in [3.05, 3.63) is 77.2 Å². The first-order valence-electron chi connectivity index (χ1n) is 9.29. The Morgan fingerprint density at radius 1 is 1.16 bits per heavy atom. The molecule has 1 amide bonds. The SMILES string of the molecule is O=C(CCS(=O)(=O)c1ccc(Cl)cc1)N(Cc1ccco1)c1nc2c(F)cc(F)cc2s1.